The lowest BCUT2D eigenvalue weighted by Gasteiger charge is -2.30. The largest absolute Gasteiger partial charge is 0.465 e. The van der Waals surface area contributed by atoms with E-state index < -0.39 is 5.97 Å². The van der Waals surface area contributed by atoms with Gasteiger partial charge in [-0.05, 0) is 39.5 Å². The summed E-state index contributed by atoms with van der Waals surface area (Å²) in [6.45, 7) is 10.1. The second-order valence-corrected chi connectivity index (χ2v) is 6.83. The van der Waals surface area contributed by atoms with E-state index in [2.05, 4.69) is 16.9 Å². The minimum Gasteiger partial charge on any atom is -0.465 e. The van der Waals surface area contributed by atoms with Crippen molar-refractivity contribution in [2.24, 2.45) is 5.92 Å². The SMILES string of the molecule is COC(=O)c1c(N2CCC(C)CC2)nn(C(C)(C)C)c1N. The van der Waals surface area contributed by atoms with Crippen LogP contribution in [0.15, 0.2) is 0 Å². The van der Waals surface area contributed by atoms with Crippen LogP contribution in [0.5, 0.6) is 0 Å². The van der Waals surface area contributed by atoms with E-state index in [1.165, 1.54) is 7.11 Å². The van der Waals surface area contributed by atoms with Crippen molar-refractivity contribution in [3.63, 3.8) is 0 Å². The molecule has 1 aromatic heterocycles. The van der Waals surface area contributed by atoms with Crippen LogP contribution in [0.3, 0.4) is 0 Å². The molecule has 0 radical (unpaired) electrons. The average Bonchev–Trinajstić information content (AvgIpc) is 2.76. The van der Waals surface area contributed by atoms with E-state index >= 15 is 0 Å². The summed E-state index contributed by atoms with van der Waals surface area (Å²) in [5.41, 5.74) is 6.28. The minimum absolute atomic E-state index is 0.284. The third-order valence-corrected chi connectivity index (χ3v) is 4.01. The summed E-state index contributed by atoms with van der Waals surface area (Å²) in [5, 5.41) is 4.62. The summed E-state index contributed by atoms with van der Waals surface area (Å²) in [5.74, 6) is 1.32. The van der Waals surface area contributed by atoms with E-state index in [-0.39, 0.29) is 5.54 Å². The Kier molecular flexibility index (Phi) is 4.16. The first kappa shape index (κ1) is 15.7. The fraction of sp³-hybridized carbons (Fsp3) is 0.733. The quantitative estimate of drug-likeness (QED) is 0.847. The second kappa shape index (κ2) is 5.58. The highest BCUT2D eigenvalue weighted by Gasteiger charge is 2.31. The van der Waals surface area contributed by atoms with E-state index in [0.29, 0.717) is 23.1 Å². The van der Waals surface area contributed by atoms with Gasteiger partial charge < -0.3 is 15.4 Å². The number of hydrogen-bond acceptors (Lipinski definition) is 5. The number of piperidine rings is 1. The number of nitrogens with zero attached hydrogens (tertiary/aromatic N) is 3. The third kappa shape index (κ3) is 2.99. The maximum atomic E-state index is 12.1. The fourth-order valence-corrected chi connectivity index (χ4v) is 2.67. The molecule has 1 aliphatic rings. The number of anilines is 2. The normalized spacial score (nSPS) is 17.1. The predicted molar refractivity (Wildman–Crippen MR) is 83.6 cm³/mol. The molecule has 0 amide bonds. The van der Waals surface area contributed by atoms with Gasteiger partial charge in [-0.3, -0.25) is 0 Å². The van der Waals surface area contributed by atoms with Gasteiger partial charge in [0.2, 0.25) is 0 Å². The summed E-state index contributed by atoms with van der Waals surface area (Å²) in [6.07, 6.45) is 2.20. The molecule has 1 aliphatic heterocycles. The summed E-state index contributed by atoms with van der Waals surface area (Å²) < 4.78 is 6.61. The second-order valence-electron chi connectivity index (χ2n) is 6.83. The molecule has 1 fully saturated rings. The molecule has 6 nitrogen and oxygen atoms in total. The molecule has 6 heteroatoms. The van der Waals surface area contributed by atoms with Gasteiger partial charge in [0, 0.05) is 13.1 Å². The van der Waals surface area contributed by atoms with E-state index in [4.69, 9.17) is 10.5 Å². The van der Waals surface area contributed by atoms with Crippen molar-refractivity contribution in [2.45, 2.75) is 46.1 Å². The van der Waals surface area contributed by atoms with Crippen molar-refractivity contribution < 1.29 is 9.53 Å². The first-order valence-corrected chi connectivity index (χ1v) is 7.48. The highest BCUT2D eigenvalue weighted by Crippen LogP contribution is 2.32. The zero-order valence-electron chi connectivity index (χ0n) is 13.6. The molecule has 1 saturated heterocycles. The summed E-state index contributed by atoms with van der Waals surface area (Å²) in [6, 6.07) is 0. The zero-order chi connectivity index (χ0) is 15.8. The van der Waals surface area contributed by atoms with E-state index in [1.807, 2.05) is 20.8 Å². The summed E-state index contributed by atoms with van der Waals surface area (Å²) >= 11 is 0. The van der Waals surface area contributed by atoms with Gasteiger partial charge in [0.15, 0.2) is 5.82 Å². The lowest BCUT2D eigenvalue weighted by molar-refractivity contribution is 0.0602. The van der Waals surface area contributed by atoms with Crippen LogP contribution in [0.4, 0.5) is 11.6 Å². The Morgan fingerprint density at radius 1 is 1.33 bits per heavy atom. The highest BCUT2D eigenvalue weighted by atomic mass is 16.5. The first-order valence-electron chi connectivity index (χ1n) is 7.48. The van der Waals surface area contributed by atoms with Crippen LogP contribution < -0.4 is 10.6 Å². The number of aromatic nitrogens is 2. The molecule has 0 atom stereocenters. The molecule has 0 aromatic carbocycles. The lowest BCUT2D eigenvalue weighted by Crippen LogP contribution is -2.34. The molecular formula is C15H26N4O2. The number of methoxy groups -OCH3 is 1. The molecule has 0 spiro atoms. The number of nitrogen functional groups attached to an aromatic ring is 1. The van der Waals surface area contributed by atoms with Crippen LogP contribution in [0.25, 0.3) is 0 Å². The highest BCUT2D eigenvalue weighted by molar-refractivity contribution is 5.99. The van der Waals surface area contributed by atoms with Crippen molar-refractivity contribution in [1.29, 1.82) is 0 Å². The molecule has 2 N–H and O–H groups in total. The molecule has 118 valence electrons. The number of esters is 1. The number of carbonyl (C=O) groups is 1. The summed E-state index contributed by atoms with van der Waals surface area (Å²) in [7, 11) is 1.37. The van der Waals surface area contributed by atoms with Crippen LogP contribution in [0.1, 0.15) is 50.9 Å². The smallest absolute Gasteiger partial charge is 0.345 e. The van der Waals surface area contributed by atoms with E-state index in [1.54, 1.807) is 4.68 Å². The van der Waals surface area contributed by atoms with Crippen molar-refractivity contribution in [2.75, 3.05) is 30.8 Å². The van der Waals surface area contributed by atoms with Crippen LogP contribution in [0.2, 0.25) is 0 Å². The molecule has 2 heterocycles. The van der Waals surface area contributed by atoms with Gasteiger partial charge in [0.1, 0.15) is 11.4 Å². The molecule has 0 aliphatic carbocycles. The van der Waals surface area contributed by atoms with Crippen molar-refractivity contribution in [3.8, 4) is 0 Å². The number of ether oxygens (including phenoxy) is 1. The van der Waals surface area contributed by atoms with Crippen molar-refractivity contribution >= 4 is 17.6 Å². The molecule has 0 unspecified atom stereocenters. The number of nitrogens with two attached hydrogens (primary N) is 1. The van der Waals surface area contributed by atoms with Gasteiger partial charge in [-0.25, -0.2) is 9.48 Å². The number of rotatable bonds is 2. The van der Waals surface area contributed by atoms with Gasteiger partial charge in [0.05, 0.1) is 12.6 Å². The topological polar surface area (TPSA) is 73.4 Å². The Morgan fingerprint density at radius 3 is 2.38 bits per heavy atom. The van der Waals surface area contributed by atoms with Crippen LogP contribution in [-0.4, -0.2) is 35.9 Å². The van der Waals surface area contributed by atoms with Crippen LogP contribution in [-0.2, 0) is 10.3 Å². The Balaban J connectivity index is 2.46. The monoisotopic (exact) mass is 294 g/mol. The maximum absolute atomic E-state index is 12.1. The molecule has 2 rings (SSSR count). The Morgan fingerprint density at radius 2 is 1.90 bits per heavy atom. The Labute approximate surface area is 126 Å². The predicted octanol–water partition coefficient (Wildman–Crippen LogP) is 2.24. The molecular weight excluding hydrogens is 268 g/mol. The Bertz CT molecular complexity index is 523. The molecule has 0 bridgehead atoms. The van der Waals surface area contributed by atoms with Crippen molar-refractivity contribution in [1.82, 2.24) is 9.78 Å². The number of hydrogen-bond donors (Lipinski definition) is 1. The molecule has 1 aromatic rings. The lowest BCUT2D eigenvalue weighted by atomic mass is 9.99. The minimum atomic E-state index is -0.420. The van der Waals surface area contributed by atoms with E-state index in [9.17, 15) is 4.79 Å². The first-order chi connectivity index (χ1) is 9.75. The third-order valence-electron chi connectivity index (χ3n) is 4.01. The average molecular weight is 294 g/mol. The van der Waals surface area contributed by atoms with Crippen molar-refractivity contribution in [3.05, 3.63) is 5.56 Å². The van der Waals surface area contributed by atoms with Gasteiger partial charge in [-0.2, -0.15) is 5.10 Å². The van der Waals surface area contributed by atoms with Gasteiger partial charge in [-0.15, -0.1) is 0 Å². The van der Waals surface area contributed by atoms with Crippen LogP contribution in [0, 0.1) is 5.92 Å². The van der Waals surface area contributed by atoms with Crippen LogP contribution >= 0.6 is 0 Å². The van der Waals surface area contributed by atoms with Gasteiger partial charge in [-0.1, -0.05) is 6.92 Å². The molecule has 21 heavy (non-hydrogen) atoms. The van der Waals surface area contributed by atoms with E-state index in [0.717, 1.165) is 25.9 Å². The maximum Gasteiger partial charge on any atom is 0.345 e. The zero-order valence-corrected chi connectivity index (χ0v) is 13.6. The fourth-order valence-electron chi connectivity index (χ4n) is 2.67. The standard InChI is InChI=1S/C15H26N4O2/c1-10-6-8-18(9-7-10)13-11(14(20)21-5)12(16)19(17-13)15(2,3)4/h10H,6-9,16H2,1-5H3. The molecule has 0 saturated carbocycles. The summed E-state index contributed by atoms with van der Waals surface area (Å²) in [4.78, 5) is 14.3. The Hall–Kier alpha value is -1.72. The van der Waals surface area contributed by atoms with Gasteiger partial charge >= 0.3 is 5.97 Å². The van der Waals surface area contributed by atoms with Gasteiger partial charge in [0.25, 0.3) is 0 Å². The number of carbonyl (C=O) groups excluding carboxylic acids is 1.